The van der Waals surface area contributed by atoms with Gasteiger partial charge >= 0.3 is 6.18 Å². The van der Waals surface area contributed by atoms with Crippen molar-refractivity contribution in [3.63, 3.8) is 0 Å². The highest BCUT2D eigenvalue weighted by Gasteiger charge is 2.31. The Bertz CT molecular complexity index is 931. The SMILES string of the molecule is CC(C)/C=C(\C=C/COc1ccc(CCNc2ncnc(C(F)F)c2Cl)cn1)C(F)(F)F. The summed E-state index contributed by atoms with van der Waals surface area (Å²) in [7, 11) is 0. The Hall–Kier alpha value is -2.75. The van der Waals surface area contributed by atoms with Crippen molar-refractivity contribution in [3.05, 3.63) is 64.7 Å². The van der Waals surface area contributed by atoms with Gasteiger partial charge < -0.3 is 10.1 Å². The van der Waals surface area contributed by atoms with Crippen LogP contribution >= 0.6 is 11.6 Å². The molecule has 0 aliphatic carbocycles. The molecule has 11 heteroatoms. The first-order valence-electron chi connectivity index (χ1n) is 9.63. The third-order valence-corrected chi connectivity index (χ3v) is 4.36. The molecule has 0 aliphatic heterocycles. The van der Waals surface area contributed by atoms with Gasteiger partial charge in [0.1, 0.15) is 29.5 Å². The van der Waals surface area contributed by atoms with E-state index in [-0.39, 0.29) is 29.2 Å². The molecule has 1 N–H and O–H groups in total. The zero-order valence-electron chi connectivity index (χ0n) is 17.3. The van der Waals surface area contributed by atoms with Gasteiger partial charge in [0.2, 0.25) is 5.88 Å². The van der Waals surface area contributed by atoms with E-state index in [9.17, 15) is 22.0 Å². The third kappa shape index (κ3) is 8.07. The number of allylic oxidation sites excluding steroid dienone is 3. The maximum absolute atomic E-state index is 12.9. The highest BCUT2D eigenvalue weighted by Crippen LogP contribution is 2.29. The van der Waals surface area contributed by atoms with E-state index < -0.39 is 23.9 Å². The van der Waals surface area contributed by atoms with E-state index >= 15 is 0 Å². The molecule has 0 amide bonds. The predicted molar refractivity (Wildman–Crippen MR) is 112 cm³/mol. The molecule has 0 radical (unpaired) electrons. The summed E-state index contributed by atoms with van der Waals surface area (Å²) in [6.45, 7) is 3.62. The van der Waals surface area contributed by atoms with Crippen LogP contribution in [0.25, 0.3) is 0 Å². The van der Waals surface area contributed by atoms with Crippen molar-refractivity contribution in [2.45, 2.75) is 32.9 Å². The lowest BCUT2D eigenvalue weighted by atomic mass is 10.1. The molecule has 0 bridgehead atoms. The molecule has 2 aromatic heterocycles. The fourth-order valence-corrected chi connectivity index (χ4v) is 2.79. The zero-order valence-corrected chi connectivity index (χ0v) is 18.1. The molecule has 0 unspecified atom stereocenters. The van der Waals surface area contributed by atoms with Crippen LogP contribution in [0.4, 0.5) is 27.8 Å². The van der Waals surface area contributed by atoms with E-state index in [4.69, 9.17) is 16.3 Å². The van der Waals surface area contributed by atoms with Crippen LogP contribution in [-0.2, 0) is 6.42 Å². The van der Waals surface area contributed by atoms with Gasteiger partial charge in [0, 0.05) is 18.8 Å². The van der Waals surface area contributed by atoms with E-state index in [1.807, 2.05) is 0 Å². The number of aromatic nitrogens is 3. The first-order valence-corrected chi connectivity index (χ1v) is 10.0. The first-order chi connectivity index (χ1) is 15.1. The second-order valence-electron chi connectivity index (χ2n) is 6.98. The summed E-state index contributed by atoms with van der Waals surface area (Å²) in [5.74, 6) is 0.132. The van der Waals surface area contributed by atoms with Gasteiger partial charge in [-0.1, -0.05) is 43.7 Å². The normalized spacial score (nSPS) is 12.8. The molecule has 0 saturated heterocycles. The van der Waals surface area contributed by atoms with Gasteiger partial charge in [-0.05, 0) is 24.0 Å². The average molecular weight is 477 g/mol. The summed E-state index contributed by atoms with van der Waals surface area (Å²) in [4.78, 5) is 11.4. The second-order valence-corrected chi connectivity index (χ2v) is 7.36. The summed E-state index contributed by atoms with van der Waals surface area (Å²) >= 11 is 5.87. The van der Waals surface area contributed by atoms with Gasteiger partial charge in [0.15, 0.2) is 0 Å². The molecule has 0 saturated carbocycles. The smallest absolute Gasteiger partial charge is 0.416 e. The predicted octanol–water partition coefficient (Wildman–Crippen LogP) is 6.20. The number of nitrogens with one attached hydrogen (secondary N) is 1. The fraction of sp³-hybridized carbons (Fsp3) is 0.381. The topological polar surface area (TPSA) is 59.9 Å². The van der Waals surface area contributed by atoms with Crippen molar-refractivity contribution in [2.75, 3.05) is 18.5 Å². The Morgan fingerprint density at radius 3 is 2.53 bits per heavy atom. The van der Waals surface area contributed by atoms with Gasteiger partial charge in [-0.3, -0.25) is 0 Å². The van der Waals surface area contributed by atoms with Gasteiger partial charge in [0.05, 0.1) is 5.57 Å². The van der Waals surface area contributed by atoms with Crippen LogP contribution in [-0.4, -0.2) is 34.3 Å². The number of hydrogen-bond donors (Lipinski definition) is 1. The molecule has 2 rings (SSSR count). The molecule has 0 spiro atoms. The highest BCUT2D eigenvalue weighted by atomic mass is 35.5. The Morgan fingerprint density at radius 2 is 1.94 bits per heavy atom. The Kier molecular flexibility index (Phi) is 9.37. The van der Waals surface area contributed by atoms with Crippen LogP contribution in [0.5, 0.6) is 5.88 Å². The van der Waals surface area contributed by atoms with Crippen molar-refractivity contribution in [1.82, 2.24) is 15.0 Å². The van der Waals surface area contributed by atoms with Crippen molar-refractivity contribution >= 4 is 17.4 Å². The number of nitrogens with zero attached hydrogens (tertiary/aromatic N) is 3. The van der Waals surface area contributed by atoms with Crippen LogP contribution in [0, 0.1) is 5.92 Å². The van der Waals surface area contributed by atoms with Crippen LogP contribution < -0.4 is 10.1 Å². The summed E-state index contributed by atoms with van der Waals surface area (Å²) in [6.07, 6.45) is -0.776. The van der Waals surface area contributed by atoms with Crippen LogP contribution in [0.1, 0.15) is 31.5 Å². The van der Waals surface area contributed by atoms with Crippen molar-refractivity contribution in [3.8, 4) is 5.88 Å². The monoisotopic (exact) mass is 476 g/mol. The minimum atomic E-state index is -4.42. The van der Waals surface area contributed by atoms with Crippen molar-refractivity contribution in [1.29, 1.82) is 0 Å². The van der Waals surface area contributed by atoms with Crippen molar-refractivity contribution in [2.24, 2.45) is 5.92 Å². The van der Waals surface area contributed by atoms with Gasteiger partial charge in [0.25, 0.3) is 6.43 Å². The minimum Gasteiger partial charge on any atom is -0.473 e. The second kappa shape index (κ2) is 11.8. The Balaban J connectivity index is 1.84. The van der Waals surface area contributed by atoms with E-state index in [2.05, 4.69) is 20.3 Å². The van der Waals surface area contributed by atoms with E-state index in [1.54, 1.807) is 32.2 Å². The average Bonchev–Trinajstić information content (AvgIpc) is 2.71. The number of ether oxygens (including phenoxy) is 1. The molecule has 32 heavy (non-hydrogen) atoms. The standard InChI is InChI=1S/C21H22ClF5N4O/c1-13(2)10-15(21(25,26)27)4-3-9-32-16-6-5-14(11-29-16)7-8-28-20-17(22)18(19(23)24)30-12-31-20/h3-6,10-13,19H,7-9H2,1-2H3,(H,28,30,31)/b4-3-,15-10+. The number of hydrogen-bond acceptors (Lipinski definition) is 5. The van der Waals surface area contributed by atoms with Gasteiger partial charge in [-0.2, -0.15) is 13.2 Å². The molecule has 0 aromatic carbocycles. The molecular weight excluding hydrogens is 455 g/mol. The van der Waals surface area contributed by atoms with Crippen LogP contribution in [0.3, 0.4) is 0 Å². The van der Waals surface area contributed by atoms with E-state index in [0.717, 1.165) is 24.0 Å². The number of halogens is 6. The van der Waals surface area contributed by atoms with E-state index in [1.165, 1.54) is 6.08 Å². The summed E-state index contributed by atoms with van der Waals surface area (Å²) < 4.78 is 69.8. The largest absolute Gasteiger partial charge is 0.473 e. The highest BCUT2D eigenvalue weighted by molar-refractivity contribution is 6.33. The molecule has 0 atom stereocenters. The number of anilines is 1. The van der Waals surface area contributed by atoms with Gasteiger partial charge in [-0.15, -0.1) is 0 Å². The summed E-state index contributed by atoms with van der Waals surface area (Å²) in [5.41, 5.74) is -0.446. The zero-order chi connectivity index (χ0) is 23.7. The fourth-order valence-electron chi connectivity index (χ4n) is 2.54. The first kappa shape index (κ1) is 25.5. The summed E-state index contributed by atoms with van der Waals surface area (Å²) in [5, 5.41) is 2.64. The quantitative estimate of drug-likeness (QED) is 0.327. The Labute approximate surface area is 187 Å². The molecule has 2 heterocycles. The molecule has 174 valence electrons. The lowest BCUT2D eigenvalue weighted by Crippen LogP contribution is -2.11. The maximum atomic E-state index is 12.9. The number of alkyl halides is 5. The third-order valence-electron chi connectivity index (χ3n) is 3.99. The molecular formula is C21H22ClF5N4O. The lowest BCUT2D eigenvalue weighted by molar-refractivity contribution is -0.0886. The lowest BCUT2D eigenvalue weighted by Gasteiger charge is -2.10. The number of pyridine rings is 1. The van der Waals surface area contributed by atoms with Crippen molar-refractivity contribution < 1.29 is 26.7 Å². The maximum Gasteiger partial charge on any atom is 0.416 e. The van der Waals surface area contributed by atoms with Crippen LogP contribution in [0.15, 0.2) is 48.5 Å². The van der Waals surface area contributed by atoms with E-state index in [0.29, 0.717) is 13.0 Å². The molecule has 5 nitrogen and oxygen atoms in total. The van der Waals surface area contributed by atoms with Crippen LogP contribution in [0.2, 0.25) is 5.02 Å². The minimum absolute atomic E-state index is 0.0713. The molecule has 2 aromatic rings. The number of rotatable bonds is 10. The summed E-state index contributed by atoms with van der Waals surface area (Å²) in [6, 6.07) is 3.32. The molecule has 0 fully saturated rings. The van der Waals surface area contributed by atoms with Gasteiger partial charge in [-0.25, -0.2) is 23.7 Å². The molecule has 0 aliphatic rings. The Morgan fingerprint density at radius 1 is 1.19 bits per heavy atom.